The summed E-state index contributed by atoms with van der Waals surface area (Å²) in [5.74, 6) is -2.76. The molecule has 11 nitrogen and oxygen atoms in total. The molecule has 3 N–H and O–H groups in total. The van der Waals surface area contributed by atoms with Crippen molar-refractivity contribution >= 4 is 47.1 Å². The van der Waals surface area contributed by atoms with Crippen LogP contribution in [0, 0.1) is 0 Å². The summed E-state index contributed by atoms with van der Waals surface area (Å²) in [4.78, 5) is 49.1. The fourth-order valence-corrected chi connectivity index (χ4v) is 4.01. The van der Waals surface area contributed by atoms with Crippen molar-refractivity contribution in [2.75, 3.05) is 12.4 Å². The van der Waals surface area contributed by atoms with Gasteiger partial charge in [-0.1, -0.05) is 47.1 Å². The Morgan fingerprint density at radius 2 is 1.78 bits per heavy atom. The largest absolute Gasteiger partial charge is 0.476 e. The first-order valence-corrected chi connectivity index (χ1v) is 12.6. The zero-order valence-corrected chi connectivity index (χ0v) is 22.4. The van der Waals surface area contributed by atoms with E-state index in [4.69, 9.17) is 21.4 Å². The number of carbonyl (C=O) groups excluding carboxylic acids is 3. The molecule has 0 aliphatic carbocycles. The minimum atomic E-state index is -1.23. The molecule has 41 heavy (non-hydrogen) atoms. The molecule has 0 saturated heterocycles. The molecular formula is C29H24ClN5O6. The summed E-state index contributed by atoms with van der Waals surface area (Å²) < 4.78 is 5.95. The molecule has 1 heterocycles. The molecule has 208 valence electrons. The number of halogens is 1. The van der Waals surface area contributed by atoms with E-state index in [1.54, 1.807) is 30.3 Å². The summed E-state index contributed by atoms with van der Waals surface area (Å²) in [6.45, 7) is 0. The van der Waals surface area contributed by atoms with Crippen molar-refractivity contribution in [2.45, 2.75) is 12.5 Å². The first-order chi connectivity index (χ1) is 19.7. The van der Waals surface area contributed by atoms with Crippen LogP contribution in [0.3, 0.4) is 0 Å². The number of carbonyl (C=O) groups is 4. The Balaban J connectivity index is 1.53. The molecule has 1 unspecified atom stereocenters. The van der Waals surface area contributed by atoms with Crippen LogP contribution in [0.1, 0.15) is 32.0 Å². The van der Waals surface area contributed by atoms with E-state index >= 15 is 0 Å². The average Bonchev–Trinajstić information content (AvgIpc) is 3.47. The Kier molecular flexibility index (Phi) is 9.23. The van der Waals surface area contributed by atoms with E-state index in [1.165, 1.54) is 42.3 Å². The Bertz CT molecular complexity index is 1600. The van der Waals surface area contributed by atoms with Crippen LogP contribution in [0.5, 0.6) is 0 Å². The number of esters is 1. The van der Waals surface area contributed by atoms with Crippen LogP contribution in [0.25, 0.3) is 11.8 Å². The van der Waals surface area contributed by atoms with Gasteiger partial charge in [-0.2, -0.15) is 0 Å². The van der Waals surface area contributed by atoms with Gasteiger partial charge in [0.05, 0.1) is 24.6 Å². The molecule has 0 bridgehead atoms. The lowest BCUT2D eigenvalue weighted by molar-refractivity contribution is -0.123. The highest BCUT2D eigenvalue weighted by atomic mass is 35.5. The maximum absolute atomic E-state index is 13.2. The van der Waals surface area contributed by atoms with E-state index in [2.05, 4.69) is 20.9 Å². The number of hydrogen-bond acceptors (Lipinski definition) is 7. The van der Waals surface area contributed by atoms with Gasteiger partial charge in [0.25, 0.3) is 0 Å². The van der Waals surface area contributed by atoms with Crippen molar-refractivity contribution in [1.82, 2.24) is 20.3 Å². The highest BCUT2D eigenvalue weighted by molar-refractivity contribution is 6.30. The molecule has 0 radical (unpaired) electrons. The quantitative estimate of drug-likeness (QED) is 0.191. The van der Waals surface area contributed by atoms with Gasteiger partial charge in [-0.15, -0.1) is 5.10 Å². The highest BCUT2D eigenvalue weighted by Gasteiger charge is 2.21. The van der Waals surface area contributed by atoms with Gasteiger partial charge in [0.15, 0.2) is 5.69 Å². The van der Waals surface area contributed by atoms with Crippen LogP contribution in [-0.2, 0) is 20.7 Å². The Hall–Kier alpha value is -5.29. The molecule has 4 aromatic rings. The molecule has 12 heteroatoms. The van der Waals surface area contributed by atoms with Crippen LogP contribution in [0.2, 0.25) is 5.02 Å². The number of ether oxygens (including phenoxy) is 1. The average molecular weight is 574 g/mol. The third-order valence-electron chi connectivity index (χ3n) is 5.85. The number of carboxylic acids is 1. The number of methoxy groups -OCH3 is 1. The molecule has 1 aromatic heterocycles. The van der Waals surface area contributed by atoms with Crippen molar-refractivity contribution in [1.29, 1.82) is 0 Å². The second-order valence-corrected chi connectivity index (χ2v) is 9.14. The lowest BCUT2D eigenvalue weighted by atomic mass is 10.0. The van der Waals surface area contributed by atoms with E-state index in [9.17, 15) is 19.2 Å². The molecule has 0 saturated carbocycles. The summed E-state index contributed by atoms with van der Waals surface area (Å²) in [5, 5.41) is 22.5. The van der Waals surface area contributed by atoms with Crippen LogP contribution >= 0.6 is 11.6 Å². The number of carboxylic acid groups (broad SMARTS) is 1. The monoisotopic (exact) mass is 573 g/mol. The number of hydrogen-bond donors (Lipinski definition) is 3. The molecule has 0 fully saturated rings. The third-order valence-corrected chi connectivity index (χ3v) is 6.09. The van der Waals surface area contributed by atoms with E-state index in [-0.39, 0.29) is 12.1 Å². The van der Waals surface area contributed by atoms with Gasteiger partial charge in [-0.05, 0) is 54.1 Å². The Labute approximate surface area is 239 Å². The van der Waals surface area contributed by atoms with Gasteiger partial charge in [0.1, 0.15) is 6.04 Å². The number of aromatic carboxylic acids is 1. The first kappa shape index (κ1) is 28.7. The van der Waals surface area contributed by atoms with Gasteiger partial charge < -0.3 is 20.5 Å². The van der Waals surface area contributed by atoms with Crippen LogP contribution in [-0.4, -0.2) is 57.0 Å². The molecule has 0 spiro atoms. The second-order valence-electron chi connectivity index (χ2n) is 8.70. The number of aromatic nitrogens is 3. The highest BCUT2D eigenvalue weighted by Crippen LogP contribution is 2.21. The molecule has 1 atom stereocenters. The van der Waals surface area contributed by atoms with E-state index < -0.39 is 29.8 Å². The number of nitrogens with zero attached hydrogens (tertiary/aromatic N) is 3. The van der Waals surface area contributed by atoms with E-state index in [0.29, 0.717) is 27.5 Å². The SMILES string of the molecule is COC(=O)c1ccc(NC(=O)C(Cc2ccccc2)NC(=O)/C=C/c2cc(Cl)ccc2-n2cc(C(=O)O)nn2)cc1. The number of anilines is 1. The van der Waals surface area contributed by atoms with Crippen LogP contribution < -0.4 is 10.6 Å². The predicted molar refractivity (Wildman–Crippen MR) is 151 cm³/mol. The standard InChI is InChI=1S/C29H24ClN5O6/c1-41-29(40)19-7-11-22(12-8-19)31-27(37)23(15-18-5-3-2-4-6-18)32-26(36)14-9-20-16-21(30)10-13-25(20)35-17-24(28(38)39)33-34-35/h2-14,16-17,23H,15H2,1H3,(H,31,37)(H,32,36)(H,38,39)/b14-9+. The fraction of sp³-hybridized carbons (Fsp3) is 0.103. The number of rotatable bonds is 10. The zero-order chi connectivity index (χ0) is 29.4. The summed E-state index contributed by atoms with van der Waals surface area (Å²) in [7, 11) is 1.28. The molecular weight excluding hydrogens is 550 g/mol. The molecule has 0 aliphatic heterocycles. The predicted octanol–water partition coefficient (Wildman–Crippen LogP) is 3.78. The lowest BCUT2D eigenvalue weighted by Crippen LogP contribution is -2.44. The minimum absolute atomic E-state index is 0.214. The first-order valence-electron chi connectivity index (χ1n) is 12.2. The number of nitrogens with one attached hydrogen (secondary N) is 2. The normalized spacial score (nSPS) is 11.6. The van der Waals surface area contributed by atoms with Crippen molar-refractivity contribution in [3.05, 3.63) is 112 Å². The van der Waals surface area contributed by atoms with Gasteiger partial charge in [0.2, 0.25) is 11.8 Å². The maximum Gasteiger partial charge on any atom is 0.358 e. The summed E-state index contributed by atoms with van der Waals surface area (Å²) >= 11 is 6.15. The van der Waals surface area contributed by atoms with E-state index in [1.807, 2.05) is 30.3 Å². The summed E-state index contributed by atoms with van der Waals surface area (Å²) in [6.07, 6.45) is 4.16. The van der Waals surface area contributed by atoms with Crippen molar-refractivity contribution in [3.63, 3.8) is 0 Å². The van der Waals surface area contributed by atoms with Gasteiger partial charge in [-0.3, -0.25) is 9.59 Å². The topological polar surface area (TPSA) is 153 Å². The van der Waals surface area contributed by atoms with Crippen LogP contribution in [0.15, 0.2) is 85.1 Å². The van der Waals surface area contributed by atoms with Gasteiger partial charge >= 0.3 is 11.9 Å². The summed E-state index contributed by atoms with van der Waals surface area (Å²) in [5.41, 5.74) is 2.24. The second kappa shape index (κ2) is 13.2. The Morgan fingerprint density at radius 3 is 2.44 bits per heavy atom. The molecule has 4 rings (SSSR count). The number of benzene rings is 3. The third kappa shape index (κ3) is 7.64. The summed E-state index contributed by atoms with van der Waals surface area (Å²) in [6, 6.07) is 19.2. The molecule has 0 aliphatic rings. The maximum atomic E-state index is 13.2. The zero-order valence-electron chi connectivity index (χ0n) is 21.7. The smallest absolute Gasteiger partial charge is 0.358 e. The van der Waals surface area contributed by atoms with Crippen LogP contribution in [0.4, 0.5) is 5.69 Å². The number of amides is 2. The molecule has 3 aromatic carbocycles. The minimum Gasteiger partial charge on any atom is -0.476 e. The molecule has 2 amide bonds. The van der Waals surface area contributed by atoms with Crippen molar-refractivity contribution in [2.24, 2.45) is 0 Å². The fourth-order valence-electron chi connectivity index (χ4n) is 3.83. The van der Waals surface area contributed by atoms with Gasteiger partial charge in [0, 0.05) is 28.8 Å². The lowest BCUT2D eigenvalue weighted by Gasteiger charge is -2.18. The van der Waals surface area contributed by atoms with Gasteiger partial charge in [-0.25, -0.2) is 14.3 Å². The van der Waals surface area contributed by atoms with Crippen molar-refractivity contribution < 1.29 is 29.0 Å². The Morgan fingerprint density at radius 1 is 1.05 bits per heavy atom. The van der Waals surface area contributed by atoms with Crippen molar-refractivity contribution in [3.8, 4) is 5.69 Å². The van der Waals surface area contributed by atoms with E-state index in [0.717, 1.165) is 5.56 Å².